The highest BCUT2D eigenvalue weighted by Crippen LogP contribution is 2.34. The summed E-state index contributed by atoms with van der Waals surface area (Å²) >= 11 is 3.56. The van der Waals surface area contributed by atoms with Gasteiger partial charge in [-0.1, -0.05) is 35.8 Å². The van der Waals surface area contributed by atoms with E-state index in [1.807, 2.05) is 0 Å². The number of alkyl halides is 1. The van der Waals surface area contributed by atoms with E-state index in [9.17, 15) is 10.1 Å². The number of methoxy groups -OCH3 is 1. The number of nitro benzene ring substituents is 1. The van der Waals surface area contributed by atoms with Crippen molar-refractivity contribution < 1.29 is 9.66 Å². The first-order valence-electron chi connectivity index (χ1n) is 5.47. The molecule has 0 bridgehead atoms. The van der Waals surface area contributed by atoms with Crippen LogP contribution in [0.4, 0.5) is 5.69 Å². The van der Waals surface area contributed by atoms with Gasteiger partial charge >= 0.3 is 5.69 Å². The smallest absolute Gasteiger partial charge is 0.310 e. The zero-order chi connectivity index (χ0) is 13.0. The number of rotatable bonds is 5. The molecule has 0 saturated carbocycles. The van der Waals surface area contributed by atoms with Crippen molar-refractivity contribution in [2.45, 2.75) is 31.0 Å². The second kappa shape index (κ2) is 6.00. The van der Waals surface area contributed by atoms with Crippen molar-refractivity contribution in [3.8, 4) is 5.75 Å². The van der Waals surface area contributed by atoms with E-state index in [4.69, 9.17) is 4.74 Å². The Kier molecular flexibility index (Phi) is 4.93. The second-order valence-corrected chi connectivity index (χ2v) is 5.33. The average molecular weight is 302 g/mol. The third kappa shape index (κ3) is 3.19. The fourth-order valence-corrected chi connectivity index (χ4v) is 2.58. The van der Waals surface area contributed by atoms with Gasteiger partial charge in [-0.15, -0.1) is 0 Å². The first-order chi connectivity index (χ1) is 8.01. The molecular formula is C12H16BrNO3. The Morgan fingerprint density at radius 2 is 2.18 bits per heavy atom. The van der Waals surface area contributed by atoms with E-state index in [2.05, 4.69) is 29.8 Å². The summed E-state index contributed by atoms with van der Waals surface area (Å²) < 4.78 is 5.06. The SMILES string of the molecule is CCC(c1ccc([N+](=O)[O-])c(OC)c1)C(C)Br. The van der Waals surface area contributed by atoms with Crippen LogP contribution >= 0.6 is 15.9 Å². The molecule has 1 aromatic rings. The average Bonchev–Trinajstić information content (AvgIpc) is 2.28. The topological polar surface area (TPSA) is 52.4 Å². The van der Waals surface area contributed by atoms with Crippen LogP contribution in [0.15, 0.2) is 18.2 Å². The summed E-state index contributed by atoms with van der Waals surface area (Å²) in [5.41, 5.74) is 1.06. The molecular weight excluding hydrogens is 286 g/mol. The van der Waals surface area contributed by atoms with Crippen LogP contribution in [0.3, 0.4) is 0 Å². The van der Waals surface area contributed by atoms with E-state index in [1.165, 1.54) is 13.2 Å². The van der Waals surface area contributed by atoms with Crippen molar-refractivity contribution in [1.29, 1.82) is 0 Å². The van der Waals surface area contributed by atoms with Gasteiger partial charge in [0, 0.05) is 10.9 Å². The van der Waals surface area contributed by atoms with Gasteiger partial charge in [-0.2, -0.15) is 0 Å². The molecule has 0 spiro atoms. The van der Waals surface area contributed by atoms with Crippen molar-refractivity contribution >= 4 is 21.6 Å². The highest BCUT2D eigenvalue weighted by atomic mass is 79.9. The monoisotopic (exact) mass is 301 g/mol. The number of hydrogen-bond donors (Lipinski definition) is 0. The number of nitrogens with zero attached hydrogens (tertiary/aromatic N) is 1. The molecule has 94 valence electrons. The molecule has 2 atom stereocenters. The molecule has 5 heteroatoms. The summed E-state index contributed by atoms with van der Waals surface area (Å²) in [6.45, 7) is 4.17. The molecule has 0 radical (unpaired) electrons. The van der Waals surface area contributed by atoms with Crippen molar-refractivity contribution in [1.82, 2.24) is 0 Å². The Morgan fingerprint density at radius 3 is 2.59 bits per heavy atom. The van der Waals surface area contributed by atoms with Crippen molar-refractivity contribution in [3.05, 3.63) is 33.9 Å². The van der Waals surface area contributed by atoms with Crippen LogP contribution in [-0.4, -0.2) is 16.9 Å². The Morgan fingerprint density at radius 1 is 1.53 bits per heavy atom. The molecule has 0 aliphatic carbocycles. The quantitative estimate of drug-likeness (QED) is 0.471. The molecule has 0 saturated heterocycles. The summed E-state index contributed by atoms with van der Waals surface area (Å²) in [5.74, 6) is 0.642. The van der Waals surface area contributed by atoms with Gasteiger partial charge in [0.1, 0.15) is 0 Å². The van der Waals surface area contributed by atoms with Gasteiger partial charge in [0.15, 0.2) is 5.75 Å². The molecule has 0 fully saturated rings. The summed E-state index contributed by atoms with van der Waals surface area (Å²) in [5, 5.41) is 10.8. The fourth-order valence-electron chi connectivity index (χ4n) is 1.90. The van der Waals surface area contributed by atoms with Crippen LogP contribution in [-0.2, 0) is 0 Å². The largest absolute Gasteiger partial charge is 0.490 e. The van der Waals surface area contributed by atoms with Crippen LogP contribution in [0.5, 0.6) is 5.75 Å². The molecule has 1 aromatic carbocycles. The number of benzene rings is 1. The summed E-state index contributed by atoms with van der Waals surface area (Å²) in [6, 6.07) is 5.06. The first kappa shape index (κ1) is 14.0. The number of hydrogen-bond acceptors (Lipinski definition) is 3. The van der Waals surface area contributed by atoms with Crippen LogP contribution in [0, 0.1) is 10.1 Å². The second-order valence-electron chi connectivity index (χ2n) is 3.88. The molecule has 0 N–H and O–H groups in total. The third-order valence-electron chi connectivity index (χ3n) is 2.82. The minimum atomic E-state index is -0.429. The first-order valence-corrected chi connectivity index (χ1v) is 6.39. The predicted octanol–water partition coefficient (Wildman–Crippen LogP) is 3.88. The third-order valence-corrected chi connectivity index (χ3v) is 3.46. The van der Waals surface area contributed by atoms with Gasteiger partial charge in [-0.25, -0.2) is 0 Å². The lowest BCUT2D eigenvalue weighted by Gasteiger charge is -2.18. The molecule has 0 amide bonds. The molecule has 0 aliphatic heterocycles. The molecule has 0 aliphatic rings. The number of nitro groups is 1. The van der Waals surface area contributed by atoms with Crippen LogP contribution in [0.1, 0.15) is 31.7 Å². The normalized spacial score (nSPS) is 14.1. The van der Waals surface area contributed by atoms with Crippen LogP contribution in [0.2, 0.25) is 0 Å². The zero-order valence-corrected chi connectivity index (χ0v) is 11.7. The van der Waals surface area contributed by atoms with Gasteiger partial charge in [-0.3, -0.25) is 10.1 Å². The van der Waals surface area contributed by atoms with E-state index in [0.717, 1.165) is 12.0 Å². The minimum Gasteiger partial charge on any atom is -0.490 e. The predicted molar refractivity (Wildman–Crippen MR) is 71.1 cm³/mol. The lowest BCUT2D eigenvalue weighted by molar-refractivity contribution is -0.385. The Balaban J connectivity index is 3.16. The lowest BCUT2D eigenvalue weighted by Crippen LogP contribution is -2.08. The maximum atomic E-state index is 10.8. The Bertz CT molecular complexity index is 407. The maximum absolute atomic E-state index is 10.8. The van der Waals surface area contributed by atoms with E-state index in [-0.39, 0.29) is 5.69 Å². The highest BCUT2D eigenvalue weighted by Gasteiger charge is 2.20. The molecule has 0 aromatic heterocycles. The highest BCUT2D eigenvalue weighted by molar-refractivity contribution is 9.09. The molecule has 1 rings (SSSR count). The van der Waals surface area contributed by atoms with Crippen LogP contribution in [0.25, 0.3) is 0 Å². The van der Waals surface area contributed by atoms with Gasteiger partial charge in [-0.05, 0) is 24.0 Å². The van der Waals surface area contributed by atoms with E-state index < -0.39 is 4.92 Å². The van der Waals surface area contributed by atoms with Crippen LogP contribution < -0.4 is 4.74 Å². The minimum absolute atomic E-state index is 0.00771. The van der Waals surface area contributed by atoms with E-state index >= 15 is 0 Å². The molecule has 17 heavy (non-hydrogen) atoms. The summed E-state index contributed by atoms with van der Waals surface area (Å²) in [6.07, 6.45) is 0.966. The van der Waals surface area contributed by atoms with E-state index in [0.29, 0.717) is 16.5 Å². The van der Waals surface area contributed by atoms with Crippen molar-refractivity contribution in [2.75, 3.05) is 7.11 Å². The fraction of sp³-hybridized carbons (Fsp3) is 0.500. The molecule has 4 nitrogen and oxygen atoms in total. The number of halogens is 1. The van der Waals surface area contributed by atoms with Crippen molar-refractivity contribution in [3.63, 3.8) is 0 Å². The van der Waals surface area contributed by atoms with Gasteiger partial charge in [0.2, 0.25) is 0 Å². The van der Waals surface area contributed by atoms with Gasteiger partial charge in [0.25, 0.3) is 0 Å². The zero-order valence-electron chi connectivity index (χ0n) is 10.1. The molecule has 0 heterocycles. The van der Waals surface area contributed by atoms with Gasteiger partial charge in [0.05, 0.1) is 12.0 Å². The Hall–Kier alpha value is -1.10. The number of ether oxygens (including phenoxy) is 1. The molecule has 2 unspecified atom stereocenters. The Labute approximate surface area is 109 Å². The van der Waals surface area contributed by atoms with E-state index in [1.54, 1.807) is 12.1 Å². The maximum Gasteiger partial charge on any atom is 0.310 e. The summed E-state index contributed by atoms with van der Waals surface area (Å²) in [4.78, 5) is 10.7. The van der Waals surface area contributed by atoms with Gasteiger partial charge < -0.3 is 4.74 Å². The lowest BCUT2D eigenvalue weighted by atomic mass is 9.93. The summed E-state index contributed by atoms with van der Waals surface area (Å²) in [7, 11) is 1.45. The van der Waals surface area contributed by atoms with Crippen molar-refractivity contribution in [2.24, 2.45) is 0 Å². The standard InChI is InChI=1S/C12H16BrNO3/c1-4-10(8(2)13)9-5-6-11(14(15)16)12(7-9)17-3/h5-8,10H,4H2,1-3H3.